The van der Waals surface area contributed by atoms with Crippen LogP contribution in [0.2, 0.25) is 0 Å². The zero-order valence-electron chi connectivity index (χ0n) is 14.3. The molecule has 0 fully saturated rings. The summed E-state index contributed by atoms with van der Waals surface area (Å²) in [6, 6.07) is 13.6. The highest BCUT2D eigenvalue weighted by molar-refractivity contribution is 5.97. The van der Waals surface area contributed by atoms with Crippen LogP contribution in [0.15, 0.2) is 42.5 Å². The van der Waals surface area contributed by atoms with Crippen LogP contribution in [0, 0.1) is 0 Å². The van der Waals surface area contributed by atoms with Crippen LogP contribution in [0.3, 0.4) is 0 Å². The van der Waals surface area contributed by atoms with Gasteiger partial charge in [0, 0.05) is 12.0 Å². The Morgan fingerprint density at radius 3 is 2.26 bits per heavy atom. The minimum atomic E-state index is 0.0843. The minimum Gasteiger partial charge on any atom is -0.487 e. The molecular weight excluding hydrogens is 286 g/mol. The lowest BCUT2D eigenvalue weighted by molar-refractivity contribution is 0.0988. The molecule has 0 unspecified atom stereocenters. The summed E-state index contributed by atoms with van der Waals surface area (Å²) in [6.07, 6.45) is 0.472. The van der Waals surface area contributed by atoms with Crippen molar-refractivity contribution in [2.75, 3.05) is 5.73 Å². The monoisotopic (exact) mass is 311 g/mol. The standard InChI is InChI=1S/C20H25NO2/c1-5-18(22)15-8-11-19(17(21)12-15)23-13-14-6-9-16(10-7-14)20(2,3)4/h6-12H,5,13,21H2,1-4H3. The summed E-state index contributed by atoms with van der Waals surface area (Å²) >= 11 is 0. The maximum absolute atomic E-state index is 11.7. The Morgan fingerprint density at radius 1 is 1.09 bits per heavy atom. The van der Waals surface area contributed by atoms with Crippen LogP contribution < -0.4 is 10.5 Å². The first-order chi connectivity index (χ1) is 10.8. The first kappa shape index (κ1) is 17.1. The van der Waals surface area contributed by atoms with Crippen molar-refractivity contribution in [2.24, 2.45) is 0 Å². The molecule has 0 aliphatic rings. The van der Waals surface area contributed by atoms with Gasteiger partial charge in [-0.1, -0.05) is 52.0 Å². The molecule has 3 heteroatoms. The van der Waals surface area contributed by atoms with E-state index in [0.717, 1.165) is 5.56 Å². The third kappa shape index (κ3) is 4.35. The van der Waals surface area contributed by atoms with E-state index in [0.29, 0.717) is 30.0 Å². The second kappa shape index (κ2) is 6.86. The summed E-state index contributed by atoms with van der Waals surface area (Å²) in [5, 5.41) is 0. The van der Waals surface area contributed by atoms with Gasteiger partial charge in [0.15, 0.2) is 5.78 Å². The summed E-state index contributed by atoms with van der Waals surface area (Å²) in [5.74, 6) is 0.693. The van der Waals surface area contributed by atoms with Gasteiger partial charge in [-0.15, -0.1) is 0 Å². The summed E-state index contributed by atoms with van der Waals surface area (Å²) in [4.78, 5) is 11.7. The topological polar surface area (TPSA) is 52.3 Å². The molecule has 0 aromatic heterocycles. The number of ketones is 1. The van der Waals surface area contributed by atoms with Crippen LogP contribution in [-0.2, 0) is 12.0 Å². The van der Waals surface area contributed by atoms with Gasteiger partial charge in [-0.05, 0) is 34.7 Å². The first-order valence-corrected chi connectivity index (χ1v) is 7.96. The average molecular weight is 311 g/mol. The Balaban J connectivity index is 2.05. The Labute approximate surface area is 138 Å². The largest absolute Gasteiger partial charge is 0.487 e. The number of carbonyl (C=O) groups is 1. The van der Waals surface area contributed by atoms with Gasteiger partial charge < -0.3 is 10.5 Å². The predicted molar refractivity (Wildman–Crippen MR) is 94.9 cm³/mol. The highest BCUT2D eigenvalue weighted by Gasteiger charge is 2.13. The summed E-state index contributed by atoms with van der Waals surface area (Å²) in [5.41, 5.74) is 9.64. The second-order valence-electron chi connectivity index (χ2n) is 6.76. The third-order valence-electron chi connectivity index (χ3n) is 3.87. The fourth-order valence-electron chi connectivity index (χ4n) is 2.32. The predicted octanol–water partition coefficient (Wildman–Crippen LogP) is 4.74. The van der Waals surface area contributed by atoms with Crippen molar-refractivity contribution in [3.63, 3.8) is 0 Å². The molecule has 122 valence electrons. The Morgan fingerprint density at radius 2 is 1.74 bits per heavy atom. The minimum absolute atomic E-state index is 0.0843. The fraction of sp³-hybridized carbons (Fsp3) is 0.350. The average Bonchev–Trinajstić information content (AvgIpc) is 2.52. The van der Waals surface area contributed by atoms with E-state index in [4.69, 9.17) is 10.5 Å². The van der Waals surface area contributed by atoms with Crippen LogP contribution in [-0.4, -0.2) is 5.78 Å². The van der Waals surface area contributed by atoms with E-state index < -0.39 is 0 Å². The molecule has 2 N–H and O–H groups in total. The second-order valence-corrected chi connectivity index (χ2v) is 6.76. The van der Waals surface area contributed by atoms with Crippen LogP contribution in [0.5, 0.6) is 5.75 Å². The molecule has 0 radical (unpaired) electrons. The number of benzene rings is 2. The van der Waals surface area contributed by atoms with Crippen LogP contribution >= 0.6 is 0 Å². The summed E-state index contributed by atoms with van der Waals surface area (Å²) in [7, 11) is 0. The molecule has 0 amide bonds. The van der Waals surface area contributed by atoms with Crippen molar-refractivity contribution < 1.29 is 9.53 Å². The number of ether oxygens (including phenoxy) is 1. The van der Waals surface area contributed by atoms with Crippen LogP contribution in [0.25, 0.3) is 0 Å². The van der Waals surface area contributed by atoms with E-state index in [1.165, 1.54) is 5.56 Å². The van der Waals surface area contributed by atoms with E-state index in [1.807, 2.05) is 6.92 Å². The molecule has 0 atom stereocenters. The van der Waals surface area contributed by atoms with Crippen molar-refractivity contribution in [1.82, 2.24) is 0 Å². The molecule has 23 heavy (non-hydrogen) atoms. The number of rotatable bonds is 5. The van der Waals surface area contributed by atoms with Crippen molar-refractivity contribution in [3.8, 4) is 5.75 Å². The lowest BCUT2D eigenvalue weighted by Crippen LogP contribution is -2.10. The molecule has 0 saturated heterocycles. The lowest BCUT2D eigenvalue weighted by Gasteiger charge is -2.19. The Kier molecular flexibility index (Phi) is 5.09. The van der Waals surface area contributed by atoms with Gasteiger partial charge in [-0.3, -0.25) is 4.79 Å². The van der Waals surface area contributed by atoms with E-state index in [1.54, 1.807) is 18.2 Å². The maximum Gasteiger partial charge on any atom is 0.162 e. The molecule has 0 bridgehead atoms. The number of carbonyl (C=O) groups excluding carboxylic acids is 1. The number of anilines is 1. The normalized spacial score (nSPS) is 11.3. The van der Waals surface area contributed by atoms with E-state index in [9.17, 15) is 4.79 Å². The zero-order valence-corrected chi connectivity index (χ0v) is 14.3. The van der Waals surface area contributed by atoms with Crippen molar-refractivity contribution in [1.29, 1.82) is 0 Å². The molecule has 0 aliphatic heterocycles. The highest BCUT2D eigenvalue weighted by atomic mass is 16.5. The van der Waals surface area contributed by atoms with E-state index in [2.05, 4.69) is 45.0 Å². The number of nitrogen functional groups attached to an aromatic ring is 1. The maximum atomic E-state index is 11.7. The summed E-state index contributed by atoms with van der Waals surface area (Å²) in [6.45, 7) is 8.87. The smallest absolute Gasteiger partial charge is 0.162 e. The van der Waals surface area contributed by atoms with Crippen LogP contribution in [0.1, 0.15) is 55.6 Å². The van der Waals surface area contributed by atoms with Gasteiger partial charge in [-0.25, -0.2) is 0 Å². The van der Waals surface area contributed by atoms with Gasteiger partial charge >= 0.3 is 0 Å². The number of Topliss-reactive ketones (excluding diaryl/α,β-unsaturated/α-hetero) is 1. The van der Waals surface area contributed by atoms with Gasteiger partial charge in [0.25, 0.3) is 0 Å². The molecule has 0 heterocycles. The molecule has 2 aromatic rings. The first-order valence-electron chi connectivity index (χ1n) is 7.96. The molecule has 0 saturated carbocycles. The fourth-order valence-corrected chi connectivity index (χ4v) is 2.32. The lowest BCUT2D eigenvalue weighted by atomic mass is 9.87. The van der Waals surface area contributed by atoms with E-state index >= 15 is 0 Å². The molecule has 0 aliphatic carbocycles. The molecule has 3 nitrogen and oxygen atoms in total. The van der Waals surface area contributed by atoms with Crippen molar-refractivity contribution in [3.05, 3.63) is 59.2 Å². The van der Waals surface area contributed by atoms with Gasteiger partial charge in [0.1, 0.15) is 12.4 Å². The number of hydrogen-bond donors (Lipinski definition) is 1. The summed E-state index contributed by atoms with van der Waals surface area (Å²) < 4.78 is 5.78. The van der Waals surface area contributed by atoms with Crippen molar-refractivity contribution >= 4 is 11.5 Å². The molecular formula is C20H25NO2. The third-order valence-corrected chi connectivity index (χ3v) is 3.87. The van der Waals surface area contributed by atoms with Crippen molar-refractivity contribution in [2.45, 2.75) is 46.1 Å². The number of nitrogens with two attached hydrogens (primary N) is 1. The highest BCUT2D eigenvalue weighted by Crippen LogP contribution is 2.25. The Hall–Kier alpha value is -2.29. The van der Waals surface area contributed by atoms with E-state index in [-0.39, 0.29) is 11.2 Å². The molecule has 0 spiro atoms. The molecule has 2 aromatic carbocycles. The SMILES string of the molecule is CCC(=O)c1ccc(OCc2ccc(C(C)(C)C)cc2)c(N)c1. The Bertz CT molecular complexity index is 682. The number of hydrogen-bond acceptors (Lipinski definition) is 3. The van der Waals surface area contributed by atoms with Gasteiger partial charge in [0.05, 0.1) is 5.69 Å². The molecule has 2 rings (SSSR count). The van der Waals surface area contributed by atoms with Gasteiger partial charge in [-0.2, -0.15) is 0 Å². The van der Waals surface area contributed by atoms with Gasteiger partial charge in [0.2, 0.25) is 0 Å². The van der Waals surface area contributed by atoms with Crippen LogP contribution in [0.4, 0.5) is 5.69 Å². The zero-order chi connectivity index (χ0) is 17.0. The quantitative estimate of drug-likeness (QED) is 0.641.